The summed E-state index contributed by atoms with van der Waals surface area (Å²) >= 11 is 0. The molecule has 2 atom stereocenters. The Morgan fingerprint density at radius 1 is 0.812 bits per heavy atom. The van der Waals surface area contributed by atoms with E-state index in [4.69, 9.17) is 9.16 Å². The molecule has 0 bridgehead atoms. The number of halogens is 2. The Hall–Kier alpha value is -3.77. The van der Waals surface area contributed by atoms with Crippen molar-refractivity contribution in [1.82, 2.24) is 5.32 Å². The lowest BCUT2D eigenvalue weighted by atomic mass is 9.98. The van der Waals surface area contributed by atoms with Crippen molar-refractivity contribution in [2.75, 3.05) is 17.5 Å². The van der Waals surface area contributed by atoms with Crippen LogP contribution in [0.4, 0.5) is 14.5 Å². The van der Waals surface area contributed by atoms with Gasteiger partial charge in [0.15, 0.2) is 8.32 Å². The second-order valence-corrected chi connectivity index (χ2v) is 19.9. The smallest absolute Gasteiger partial charge is 0.387 e. The van der Waals surface area contributed by atoms with E-state index in [-0.39, 0.29) is 23.4 Å². The third-order valence-corrected chi connectivity index (χ3v) is 13.6. The lowest BCUT2D eigenvalue weighted by Crippen LogP contribution is -2.44. The molecule has 4 rings (SSSR count). The van der Waals surface area contributed by atoms with Gasteiger partial charge in [0.2, 0.25) is 10.0 Å². The summed E-state index contributed by atoms with van der Waals surface area (Å²) in [6, 6.07) is 31.6. The molecule has 1 unspecified atom stereocenters. The van der Waals surface area contributed by atoms with Crippen molar-refractivity contribution in [3.05, 3.63) is 125 Å². The minimum Gasteiger partial charge on any atom is -0.487 e. The van der Waals surface area contributed by atoms with E-state index in [9.17, 15) is 17.2 Å². The van der Waals surface area contributed by atoms with Crippen LogP contribution in [0.15, 0.2) is 103 Å². The minimum atomic E-state index is -3.63. The Kier molecular flexibility index (Phi) is 12.4. The zero-order chi connectivity index (χ0) is 35.0. The van der Waals surface area contributed by atoms with E-state index in [2.05, 4.69) is 48.6 Å². The highest BCUT2D eigenvalue weighted by atomic mass is 32.2. The van der Waals surface area contributed by atoms with Crippen LogP contribution in [-0.4, -0.2) is 36.1 Å². The Labute approximate surface area is 284 Å². The van der Waals surface area contributed by atoms with Crippen LogP contribution in [0.25, 0.3) is 0 Å². The van der Waals surface area contributed by atoms with E-state index in [1.165, 1.54) is 0 Å². The molecule has 258 valence electrons. The highest BCUT2D eigenvalue weighted by Gasteiger charge is 2.39. The van der Waals surface area contributed by atoms with E-state index in [0.717, 1.165) is 28.5 Å². The van der Waals surface area contributed by atoms with E-state index in [1.807, 2.05) is 66.7 Å². The zero-order valence-electron chi connectivity index (χ0n) is 28.4. The van der Waals surface area contributed by atoms with Crippen molar-refractivity contribution in [2.45, 2.75) is 70.7 Å². The SMILES string of the molecule is CC(C)(C)[Si](C)(C)O[C@@H](CNC(Cc1ccccc1)c1ccc(OC(F)F)cc1)c1ccc(OCc2ccccc2)c(NS(C)(=O)=O)c1. The van der Waals surface area contributed by atoms with E-state index in [0.29, 0.717) is 24.4 Å². The summed E-state index contributed by atoms with van der Waals surface area (Å²) in [4.78, 5) is 0. The predicted molar refractivity (Wildman–Crippen MR) is 191 cm³/mol. The average Bonchev–Trinajstić information content (AvgIpc) is 3.01. The fourth-order valence-electron chi connectivity index (χ4n) is 4.94. The summed E-state index contributed by atoms with van der Waals surface area (Å²) in [5.41, 5.74) is 4.06. The van der Waals surface area contributed by atoms with Crippen molar-refractivity contribution in [1.29, 1.82) is 0 Å². The lowest BCUT2D eigenvalue weighted by molar-refractivity contribution is -0.0498. The van der Waals surface area contributed by atoms with Gasteiger partial charge in [0.05, 0.1) is 18.0 Å². The second-order valence-electron chi connectivity index (χ2n) is 13.4. The van der Waals surface area contributed by atoms with E-state index < -0.39 is 31.1 Å². The van der Waals surface area contributed by atoms with Gasteiger partial charge < -0.3 is 19.2 Å². The van der Waals surface area contributed by atoms with Crippen LogP contribution in [0.5, 0.6) is 11.5 Å². The molecular weight excluding hydrogens is 651 g/mol. The summed E-state index contributed by atoms with van der Waals surface area (Å²) in [5, 5.41) is 3.59. The molecule has 0 aromatic heterocycles. The number of sulfonamides is 1. The maximum Gasteiger partial charge on any atom is 0.387 e. The molecule has 0 heterocycles. The molecule has 7 nitrogen and oxygen atoms in total. The first-order valence-corrected chi connectivity index (χ1v) is 20.7. The van der Waals surface area contributed by atoms with Gasteiger partial charge in [-0.3, -0.25) is 4.72 Å². The van der Waals surface area contributed by atoms with Crippen molar-refractivity contribution in [2.24, 2.45) is 0 Å². The highest BCUT2D eigenvalue weighted by Crippen LogP contribution is 2.41. The van der Waals surface area contributed by atoms with Crippen molar-refractivity contribution < 1.29 is 31.1 Å². The Bertz CT molecular complexity index is 1700. The number of ether oxygens (including phenoxy) is 2. The average molecular weight is 697 g/mol. The normalized spacial score (nSPS) is 13.6. The van der Waals surface area contributed by atoms with Gasteiger partial charge in [-0.05, 0) is 71.1 Å². The number of anilines is 1. The van der Waals surface area contributed by atoms with Crippen LogP contribution in [0.3, 0.4) is 0 Å². The highest BCUT2D eigenvalue weighted by molar-refractivity contribution is 7.92. The fourth-order valence-corrected chi connectivity index (χ4v) is 6.78. The number of nitrogens with one attached hydrogen (secondary N) is 2. The van der Waals surface area contributed by atoms with Gasteiger partial charge in [-0.1, -0.05) is 99.6 Å². The molecule has 0 saturated heterocycles. The van der Waals surface area contributed by atoms with Gasteiger partial charge in [0, 0.05) is 12.6 Å². The molecule has 11 heteroatoms. The van der Waals surface area contributed by atoms with E-state index >= 15 is 0 Å². The molecule has 0 aliphatic rings. The van der Waals surface area contributed by atoms with Gasteiger partial charge in [0.25, 0.3) is 0 Å². The standard InChI is InChI=1S/C37H46F2N2O5SSi/c1-37(2,3)48(5,6)46-35(30-19-22-34(33(24-30)41-47(4,42)43)44-26-28-15-11-8-12-16-28)25-40-32(23-27-13-9-7-10-14-27)29-17-20-31(21-18-29)45-36(38)39/h7-22,24,32,35-36,40-41H,23,25-26H2,1-6H3/t32?,35-/m0/s1. The maximum absolute atomic E-state index is 12.8. The van der Waals surface area contributed by atoms with Crippen molar-refractivity contribution >= 4 is 24.0 Å². The van der Waals surface area contributed by atoms with Gasteiger partial charge >= 0.3 is 6.61 Å². The number of alkyl halides is 2. The fraction of sp³-hybridized carbons (Fsp3) is 0.351. The van der Waals surface area contributed by atoms with Crippen LogP contribution in [0.2, 0.25) is 18.1 Å². The van der Waals surface area contributed by atoms with Gasteiger partial charge in [-0.2, -0.15) is 8.78 Å². The molecule has 0 radical (unpaired) electrons. The first-order chi connectivity index (χ1) is 22.6. The molecule has 0 saturated carbocycles. The summed E-state index contributed by atoms with van der Waals surface area (Å²) < 4.78 is 70.8. The van der Waals surface area contributed by atoms with Crippen molar-refractivity contribution in [3.63, 3.8) is 0 Å². The third-order valence-electron chi connectivity index (χ3n) is 8.49. The number of rotatable bonds is 16. The Morgan fingerprint density at radius 2 is 1.40 bits per heavy atom. The van der Waals surface area contributed by atoms with Gasteiger partial charge in [0.1, 0.15) is 18.1 Å². The van der Waals surface area contributed by atoms with Gasteiger partial charge in [-0.25, -0.2) is 8.42 Å². The first kappa shape index (κ1) is 37.1. The zero-order valence-corrected chi connectivity index (χ0v) is 30.2. The maximum atomic E-state index is 12.8. The van der Waals surface area contributed by atoms with Crippen LogP contribution in [0, 0.1) is 0 Å². The molecule has 4 aromatic rings. The molecule has 0 aliphatic carbocycles. The number of benzene rings is 4. The first-order valence-electron chi connectivity index (χ1n) is 15.9. The quantitative estimate of drug-likeness (QED) is 0.114. The van der Waals surface area contributed by atoms with E-state index in [1.54, 1.807) is 36.4 Å². The molecule has 4 aromatic carbocycles. The van der Waals surface area contributed by atoms with Crippen LogP contribution < -0.4 is 19.5 Å². The summed E-state index contributed by atoms with van der Waals surface area (Å²) in [5.74, 6) is 0.493. The summed E-state index contributed by atoms with van der Waals surface area (Å²) in [7, 11) is -5.96. The van der Waals surface area contributed by atoms with Gasteiger partial charge in [-0.15, -0.1) is 0 Å². The monoisotopic (exact) mass is 696 g/mol. The number of hydrogen-bond donors (Lipinski definition) is 2. The lowest BCUT2D eigenvalue weighted by Gasteiger charge is -2.40. The van der Waals surface area contributed by atoms with Crippen LogP contribution >= 0.6 is 0 Å². The topological polar surface area (TPSA) is 85.9 Å². The summed E-state index contributed by atoms with van der Waals surface area (Å²) in [6.07, 6.45) is 1.29. The molecule has 2 N–H and O–H groups in total. The molecule has 48 heavy (non-hydrogen) atoms. The predicted octanol–water partition coefficient (Wildman–Crippen LogP) is 8.88. The Balaban J connectivity index is 1.68. The molecule has 0 amide bonds. The molecular formula is C37H46F2N2O5SSi. The largest absolute Gasteiger partial charge is 0.487 e. The van der Waals surface area contributed by atoms with Crippen LogP contribution in [0.1, 0.15) is 55.2 Å². The number of hydrogen-bond acceptors (Lipinski definition) is 6. The molecule has 0 aliphatic heterocycles. The molecule has 0 spiro atoms. The second kappa shape index (κ2) is 16.1. The van der Waals surface area contributed by atoms with Crippen molar-refractivity contribution in [3.8, 4) is 11.5 Å². The Morgan fingerprint density at radius 3 is 1.96 bits per heavy atom. The summed E-state index contributed by atoms with van der Waals surface area (Å²) in [6.45, 7) is 8.62. The third kappa shape index (κ3) is 11.2. The minimum absolute atomic E-state index is 0.0897. The van der Waals surface area contributed by atoms with Crippen LogP contribution in [-0.2, 0) is 27.5 Å². The molecule has 0 fully saturated rings.